The highest BCUT2D eigenvalue weighted by Crippen LogP contribution is 2.16. The number of nitrogens with zero attached hydrogens (tertiary/aromatic N) is 1. The molecule has 0 bridgehead atoms. The van der Waals surface area contributed by atoms with Crippen LogP contribution in [0.5, 0.6) is 0 Å². The fraction of sp³-hybridized carbons (Fsp3) is 0.769. The minimum absolute atomic E-state index is 0.0410. The number of aliphatic carboxylic acids is 1. The number of hydrogen-bond donors (Lipinski definition) is 3. The molecular weight excluding hydrogens is 262 g/mol. The Morgan fingerprint density at radius 2 is 2.05 bits per heavy atom. The molecule has 2 unspecified atom stereocenters. The van der Waals surface area contributed by atoms with Gasteiger partial charge in [-0.3, -0.25) is 19.7 Å². The monoisotopic (exact) mass is 285 g/mol. The van der Waals surface area contributed by atoms with Gasteiger partial charge in [0.25, 0.3) is 0 Å². The molecular formula is C13H23N3O4. The third-order valence-corrected chi connectivity index (χ3v) is 3.58. The van der Waals surface area contributed by atoms with E-state index in [4.69, 9.17) is 10.8 Å². The molecule has 7 heteroatoms. The lowest BCUT2D eigenvalue weighted by atomic mass is 9.97. The first-order chi connectivity index (χ1) is 9.32. The van der Waals surface area contributed by atoms with Gasteiger partial charge in [0.05, 0.1) is 12.5 Å². The van der Waals surface area contributed by atoms with Crippen LogP contribution in [0.2, 0.25) is 0 Å². The van der Waals surface area contributed by atoms with Gasteiger partial charge in [-0.1, -0.05) is 13.8 Å². The van der Waals surface area contributed by atoms with Crippen molar-refractivity contribution in [2.24, 2.45) is 17.6 Å². The first kappa shape index (κ1) is 16.4. The van der Waals surface area contributed by atoms with Crippen LogP contribution in [0.25, 0.3) is 0 Å². The quantitative estimate of drug-likeness (QED) is 0.603. The molecule has 1 heterocycles. The van der Waals surface area contributed by atoms with Crippen molar-refractivity contribution in [3.63, 3.8) is 0 Å². The molecule has 20 heavy (non-hydrogen) atoms. The number of rotatable bonds is 6. The summed E-state index contributed by atoms with van der Waals surface area (Å²) in [5.41, 5.74) is 5.26. The lowest BCUT2D eigenvalue weighted by molar-refractivity contribution is -0.141. The number of carbonyl (C=O) groups excluding carboxylic acids is 2. The Hall–Kier alpha value is -1.63. The van der Waals surface area contributed by atoms with E-state index < -0.39 is 12.0 Å². The van der Waals surface area contributed by atoms with Crippen molar-refractivity contribution in [3.05, 3.63) is 0 Å². The molecule has 1 fully saturated rings. The predicted molar refractivity (Wildman–Crippen MR) is 72.8 cm³/mol. The zero-order valence-corrected chi connectivity index (χ0v) is 12.0. The number of nitrogens with one attached hydrogen (secondary N) is 1. The predicted octanol–water partition coefficient (Wildman–Crippen LogP) is -0.591. The van der Waals surface area contributed by atoms with Gasteiger partial charge in [0, 0.05) is 13.1 Å². The van der Waals surface area contributed by atoms with E-state index in [9.17, 15) is 14.4 Å². The summed E-state index contributed by atoms with van der Waals surface area (Å²) < 4.78 is 0. The van der Waals surface area contributed by atoms with E-state index in [1.165, 1.54) is 0 Å². The normalized spacial score (nSPS) is 20.8. The molecule has 0 saturated carbocycles. The highest BCUT2D eigenvalue weighted by Gasteiger charge is 2.28. The molecule has 114 valence electrons. The van der Waals surface area contributed by atoms with E-state index in [0.29, 0.717) is 19.5 Å². The zero-order valence-electron chi connectivity index (χ0n) is 12.0. The summed E-state index contributed by atoms with van der Waals surface area (Å²) in [5, 5.41) is 11.8. The second-order valence-corrected chi connectivity index (χ2v) is 5.52. The minimum Gasteiger partial charge on any atom is -0.480 e. The number of carboxylic acids is 1. The van der Waals surface area contributed by atoms with Gasteiger partial charge in [-0.05, 0) is 18.8 Å². The average molecular weight is 285 g/mol. The van der Waals surface area contributed by atoms with Crippen LogP contribution in [-0.4, -0.2) is 53.5 Å². The molecule has 1 aliphatic rings. The fourth-order valence-corrected chi connectivity index (χ4v) is 2.35. The van der Waals surface area contributed by atoms with Crippen LogP contribution < -0.4 is 11.1 Å². The first-order valence-electron chi connectivity index (χ1n) is 6.86. The lowest BCUT2D eigenvalue weighted by Gasteiger charge is -2.31. The van der Waals surface area contributed by atoms with Gasteiger partial charge < -0.3 is 15.7 Å². The average Bonchev–Trinajstić information content (AvgIpc) is 2.38. The summed E-state index contributed by atoms with van der Waals surface area (Å²) in [7, 11) is 0. The molecule has 0 spiro atoms. The number of amides is 2. The summed E-state index contributed by atoms with van der Waals surface area (Å²) in [6.07, 6.45) is 1.45. The summed E-state index contributed by atoms with van der Waals surface area (Å²) in [5.74, 6) is -1.96. The number of carbonyl (C=O) groups is 3. The lowest BCUT2D eigenvalue weighted by Crippen LogP contribution is -2.50. The third kappa shape index (κ3) is 4.48. The fourth-order valence-electron chi connectivity index (χ4n) is 2.35. The summed E-state index contributed by atoms with van der Waals surface area (Å²) >= 11 is 0. The Balaban J connectivity index is 2.50. The Labute approximate surface area is 118 Å². The van der Waals surface area contributed by atoms with Gasteiger partial charge in [-0.25, -0.2) is 0 Å². The molecule has 0 aliphatic carbocycles. The van der Waals surface area contributed by atoms with Crippen molar-refractivity contribution in [1.82, 2.24) is 10.2 Å². The number of carboxylic acid groups (broad SMARTS) is 1. The second-order valence-electron chi connectivity index (χ2n) is 5.52. The van der Waals surface area contributed by atoms with Crippen LogP contribution in [0.15, 0.2) is 0 Å². The molecule has 0 aromatic heterocycles. The van der Waals surface area contributed by atoms with Crippen LogP contribution in [0.1, 0.15) is 26.7 Å². The summed E-state index contributed by atoms with van der Waals surface area (Å²) in [6, 6.07) is -0.754. The highest BCUT2D eigenvalue weighted by atomic mass is 16.4. The number of likely N-dealkylation sites (tertiary alicyclic amines) is 1. The SMILES string of the molecule is CC(C)C(NCC(=O)N1CCCC(C(N)=O)C1)C(=O)O. The number of primary amides is 1. The smallest absolute Gasteiger partial charge is 0.320 e. The molecule has 1 aliphatic heterocycles. The van der Waals surface area contributed by atoms with Crippen LogP contribution in [-0.2, 0) is 14.4 Å². The Morgan fingerprint density at radius 1 is 1.40 bits per heavy atom. The van der Waals surface area contributed by atoms with Crippen molar-refractivity contribution in [2.75, 3.05) is 19.6 Å². The topological polar surface area (TPSA) is 113 Å². The van der Waals surface area contributed by atoms with Crippen molar-refractivity contribution < 1.29 is 19.5 Å². The van der Waals surface area contributed by atoms with Gasteiger partial charge in [-0.15, -0.1) is 0 Å². The maximum atomic E-state index is 12.0. The number of nitrogens with two attached hydrogens (primary N) is 1. The first-order valence-corrected chi connectivity index (χ1v) is 6.86. The van der Waals surface area contributed by atoms with Crippen molar-refractivity contribution >= 4 is 17.8 Å². The zero-order chi connectivity index (χ0) is 15.3. The van der Waals surface area contributed by atoms with Gasteiger partial charge in [-0.2, -0.15) is 0 Å². The van der Waals surface area contributed by atoms with Crippen molar-refractivity contribution in [2.45, 2.75) is 32.7 Å². The van der Waals surface area contributed by atoms with E-state index in [0.717, 1.165) is 6.42 Å². The van der Waals surface area contributed by atoms with Gasteiger partial charge in [0.15, 0.2) is 0 Å². The summed E-state index contributed by atoms with van der Waals surface area (Å²) in [6.45, 7) is 4.43. The van der Waals surface area contributed by atoms with Gasteiger partial charge in [0.2, 0.25) is 11.8 Å². The molecule has 0 aromatic rings. The maximum Gasteiger partial charge on any atom is 0.320 e. The van der Waals surface area contributed by atoms with Crippen molar-refractivity contribution in [3.8, 4) is 0 Å². The minimum atomic E-state index is -0.971. The Bertz CT molecular complexity index is 384. The molecule has 4 N–H and O–H groups in total. The molecule has 1 saturated heterocycles. The van der Waals surface area contributed by atoms with E-state index in [-0.39, 0.29) is 30.2 Å². The van der Waals surface area contributed by atoms with Crippen LogP contribution >= 0.6 is 0 Å². The molecule has 0 aromatic carbocycles. The van der Waals surface area contributed by atoms with E-state index in [2.05, 4.69) is 5.32 Å². The highest BCUT2D eigenvalue weighted by molar-refractivity contribution is 5.82. The Kier molecular flexibility index (Phi) is 5.94. The second kappa shape index (κ2) is 7.23. The molecule has 1 rings (SSSR count). The Morgan fingerprint density at radius 3 is 2.55 bits per heavy atom. The third-order valence-electron chi connectivity index (χ3n) is 3.58. The van der Waals surface area contributed by atoms with E-state index >= 15 is 0 Å². The number of piperidine rings is 1. The molecule has 2 atom stereocenters. The molecule has 0 radical (unpaired) electrons. The molecule has 7 nitrogen and oxygen atoms in total. The van der Waals surface area contributed by atoms with E-state index in [1.807, 2.05) is 0 Å². The number of hydrogen-bond acceptors (Lipinski definition) is 4. The largest absolute Gasteiger partial charge is 0.480 e. The standard InChI is InChI=1S/C13H23N3O4/c1-8(2)11(13(19)20)15-6-10(17)16-5-3-4-9(7-16)12(14)18/h8-9,11,15H,3-7H2,1-2H3,(H2,14,18)(H,19,20). The van der Waals surface area contributed by atoms with Crippen LogP contribution in [0, 0.1) is 11.8 Å². The summed E-state index contributed by atoms with van der Waals surface area (Å²) in [4.78, 5) is 35.8. The van der Waals surface area contributed by atoms with Gasteiger partial charge in [0.1, 0.15) is 6.04 Å². The van der Waals surface area contributed by atoms with Crippen LogP contribution in [0.4, 0.5) is 0 Å². The van der Waals surface area contributed by atoms with Gasteiger partial charge >= 0.3 is 5.97 Å². The maximum absolute atomic E-state index is 12.0. The van der Waals surface area contributed by atoms with Crippen LogP contribution in [0.3, 0.4) is 0 Å². The van der Waals surface area contributed by atoms with Crippen molar-refractivity contribution in [1.29, 1.82) is 0 Å². The van der Waals surface area contributed by atoms with E-state index in [1.54, 1.807) is 18.7 Å². The molecule has 2 amide bonds.